The van der Waals surface area contributed by atoms with Crippen LogP contribution in [0.1, 0.15) is 5.76 Å². The molecule has 6 nitrogen and oxygen atoms in total. The zero-order chi connectivity index (χ0) is 15.1. The number of hydrogen-bond acceptors (Lipinski definition) is 5. The number of quaternary nitrogens is 1. The smallest absolute Gasteiger partial charge is 0.300 e. The number of nitrogens with zero attached hydrogens (tertiary/aromatic N) is 4. The van der Waals surface area contributed by atoms with Crippen LogP contribution in [0.2, 0.25) is 19.6 Å². The van der Waals surface area contributed by atoms with Crippen molar-refractivity contribution >= 4 is 26.0 Å². The maximum Gasteiger partial charge on any atom is 0.300 e. The van der Waals surface area contributed by atoms with Gasteiger partial charge >= 0.3 is 0 Å². The zero-order valence-electron chi connectivity index (χ0n) is 12.2. The normalized spacial score (nSPS) is 23.7. The van der Waals surface area contributed by atoms with Gasteiger partial charge in [0, 0.05) is 0 Å². The summed E-state index contributed by atoms with van der Waals surface area (Å²) in [5.41, 5.74) is 3.88. The molecule has 0 bridgehead atoms. The van der Waals surface area contributed by atoms with Gasteiger partial charge in [0.1, 0.15) is 14.3 Å². The lowest BCUT2D eigenvalue weighted by Gasteiger charge is -2.18. The molecule has 0 amide bonds. The van der Waals surface area contributed by atoms with Gasteiger partial charge in [-0.25, -0.2) is 4.99 Å². The Bertz CT molecular complexity index is 756. The molecular weight excluding hydrogens is 282 g/mol. The molecule has 3 rings (SSSR count). The molecule has 21 heavy (non-hydrogen) atoms. The van der Waals surface area contributed by atoms with Gasteiger partial charge in [0.05, 0.1) is 6.26 Å². The summed E-state index contributed by atoms with van der Waals surface area (Å²) >= 11 is 0. The number of aliphatic imine (C=N–C) groups is 2. The quantitative estimate of drug-likeness (QED) is 0.372. The molecule has 2 aliphatic heterocycles. The first-order valence-electron chi connectivity index (χ1n) is 6.57. The van der Waals surface area contributed by atoms with E-state index in [4.69, 9.17) is 10.3 Å². The van der Waals surface area contributed by atoms with Crippen molar-refractivity contribution in [3.05, 3.63) is 36.1 Å². The molecule has 2 N–H and O–H groups in total. The largest absolute Gasteiger partial charge is 0.461 e. The van der Waals surface area contributed by atoms with E-state index in [0.29, 0.717) is 23.1 Å². The van der Waals surface area contributed by atoms with E-state index in [1.54, 1.807) is 30.8 Å². The van der Waals surface area contributed by atoms with E-state index < -0.39 is 8.07 Å². The van der Waals surface area contributed by atoms with E-state index in [1.165, 1.54) is 0 Å². The van der Waals surface area contributed by atoms with Crippen molar-refractivity contribution in [2.24, 2.45) is 20.9 Å². The third kappa shape index (κ3) is 2.78. The molecule has 0 radical (unpaired) electrons. The average molecular weight is 298 g/mol. The van der Waals surface area contributed by atoms with Gasteiger partial charge in [-0.2, -0.15) is 4.99 Å². The monoisotopic (exact) mass is 298 g/mol. The Balaban J connectivity index is 1.95. The second-order valence-corrected chi connectivity index (χ2v) is 10.6. The summed E-state index contributed by atoms with van der Waals surface area (Å²) in [6.45, 7) is 6.53. The van der Waals surface area contributed by atoms with Crippen LogP contribution in [0.15, 0.2) is 49.8 Å². The molecule has 0 saturated carbocycles. The van der Waals surface area contributed by atoms with Crippen LogP contribution in [0.3, 0.4) is 0 Å². The van der Waals surface area contributed by atoms with Gasteiger partial charge in [0.25, 0.3) is 11.7 Å². The first-order chi connectivity index (χ1) is 9.86. The molecule has 7 heteroatoms. The van der Waals surface area contributed by atoms with Gasteiger partial charge in [-0.15, -0.1) is 11.4 Å². The van der Waals surface area contributed by atoms with Crippen LogP contribution in [0.5, 0.6) is 0 Å². The van der Waals surface area contributed by atoms with Gasteiger partial charge < -0.3 is 4.42 Å². The molecule has 106 valence electrons. The Labute approximate surface area is 123 Å². The lowest BCUT2D eigenvalue weighted by Crippen LogP contribution is -2.50. The van der Waals surface area contributed by atoms with Crippen LogP contribution in [0.25, 0.3) is 0 Å². The van der Waals surface area contributed by atoms with Crippen molar-refractivity contribution in [2.75, 3.05) is 0 Å². The number of hydrogen-bond donors (Lipinski definition) is 1. The topological polar surface area (TPSA) is 76.2 Å². The Kier molecular flexibility index (Phi) is 3.02. The minimum absolute atomic E-state index is 0.269. The Morgan fingerprint density at radius 1 is 1.33 bits per heavy atom. The number of nitrogens with two attached hydrogens (primary N) is 1. The van der Waals surface area contributed by atoms with Crippen molar-refractivity contribution in [1.29, 1.82) is 0 Å². The summed E-state index contributed by atoms with van der Waals surface area (Å²) < 4.78 is 5.03. The van der Waals surface area contributed by atoms with Gasteiger partial charge in [-0.05, 0) is 27.9 Å². The van der Waals surface area contributed by atoms with Gasteiger partial charge in [-0.3, -0.25) is 0 Å². The van der Waals surface area contributed by atoms with Crippen LogP contribution < -0.4 is 5.84 Å². The van der Waals surface area contributed by atoms with Crippen LogP contribution >= 0.6 is 0 Å². The van der Waals surface area contributed by atoms with E-state index in [2.05, 4.69) is 46.2 Å². The van der Waals surface area contributed by atoms with Crippen LogP contribution in [-0.4, -0.2) is 30.7 Å². The predicted molar refractivity (Wildman–Crippen MR) is 84.8 cm³/mol. The molecule has 3 heterocycles. The molecule has 0 aliphatic carbocycles. The second kappa shape index (κ2) is 4.63. The van der Waals surface area contributed by atoms with Crippen molar-refractivity contribution in [3.8, 4) is 11.5 Å². The summed E-state index contributed by atoms with van der Waals surface area (Å²) in [6.07, 6.45) is 4.88. The molecule has 0 fully saturated rings. The molecule has 1 aromatic rings. The number of amidine groups is 2. The van der Waals surface area contributed by atoms with E-state index in [9.17, 15) is 0 Å². The Morgan fingerprint density at radius 3 is 2.81 bits per heavy atom. The van der Waals surface area contributed by atoms with Crippen LogP contribution in [-0.2, 0) is 0 Å². The number of fused-ring (bicyclic) bond motifs is 1. The molecule has 1 aromatic heterocycles. The lowest BCUT2D eigenvalue weighted by molar-refractivity contribution is -0.803. The molecule has 0 spiro atoms. The third-order valence-electron chi connectivity index (χ3n) is 2.79. The van der Waals surface area contributed by atoms with Crippen molar-refractivity contribution in [3.63, 3.8) is 0 Å². The Hall–Kier alpha value is -2.27. The van der Waals surface area contributed by atoms with Crippen molar-refractivity contribution < 1.29 is 9.12 Å². The first kappa shape index (κ1) is 13.7. The van der Waals surface area contributed by atoms with Gasteiger partial charge in [0.2, 0.25) is 0 Å². The fraction of sp³-hybridized carbons (Fsp3) is 0.214. The number of rotatable bonds is 1. The SMILES string of the molecule is C[Si](C)(C)C#CC1=C[N+]2(N)N=C(c3ccco3)N=C2C=N1. The summed E-state index contributed by atoms with van der Waals surface area (Å²) in [7, 11) is -1.46. The summed E-state index contributed by atoms with van der Waals surface area (Å²) in [5.74, 6) is 10.9. The van der Waals surface area contributed by atoms with E-state index >= 15 is 0 Å². The molecule has 0 aromatic carbocycles. The molecular formula is C14H16N5OSi+. The van der Waals surface area contributed by atoms with Crippen LogP contribution in [0.4, 0.5) is 0 Å². The van der Waals surface area contributed by atoms with Gasteiger partial charge in [-0.1, -0.05) is 19.6 Å². The van der Waals surface area contributed by atoms with Crippen molar-refractivity contribution in [1.82, 2.24) is 0 Å². The molecule has 1 unspecified atom stereocenters. The fourth-order valence-corrected chi connectivity index (χ4v) is 2.31. The minimum atomic E-state index is -1.46. The highest BCUT2D eigenvalue weighted by Gasteiger charge is 2.39. The summed E-state index contributed by atoms with van der Waals surface area (Å²) in [4.78, 5) is 8.64. The Morgan fingerprint density at radius 2 is 2.14 bits per heavy atom. The third-order valence-corrected chi connectivity index (χ3v) is 3.67. The maximum atomic E-state index is 6.24. The zero-order valence-corrected chi connectivity index (χ0v) is 13.2. The summed E-state index contributed by atoms with van der Waals surface area (Å²) in [6, 6.07) is 3.57. The number of allylic oxidation sites excluding steroid dienone is 1. The first-order valence-corrected chi connectivity index (χ1v) is 10.1. The standard InChI is InChI=1S/C14H16N5OSi/c1-21(2,3)8-6-11-10-19(15)13(9-16-11)17-14(18-19)12-5-4-7-20-12/h4-5,7,9-10H,15H2,1-3H3/q+1. The van der Waals surface area contributed by atoms with E-state index in [-0.39, 0.29) is 4.70 Å². The predicted octanol–water partition coefficient (Wildman–Crippen LogP) is 1.85. The van der Waals surface area contributed by atoms with Gasteiger partial charge in [0.15, 0.2) is 17.7 Å². The lowest BCUT2D eigenvalue weighted by atomic mass is 10.4. The molecule has 2 aliphatic rings. The maximum absolute atomic E-state index is 6.24. The average Bonchev–Trinajstić information content (AvgIpc) is 3.00. The van der Waals surface area contributed by atoms with Crippen molar-refractivity contribution in [2.45, 2.75) is 19.6 Å². The fourth-order valence-electron chi connectivity index (χ4n) is 1.81. The highest BCUT2D eigenvalue weighted by Crippen LogP contribution is 2.21. The molecule has 1 atom stereocenters. The highest BCUT2D eigenvalue weighted by molar-refractivity contribution is 6.83. The van der Waals surface area contributed by atoms with Crippen LogP contribution in [0, 0.1) is 11.5 Å². The second-order valence-electron chi connectivity index (χ2n) is 5.88. The minimum Gasteiger partial charge on any atom is -0.461 e. The highest BCUT2D eigenvalue weighted by atomic mass is 28.3. The summed E-state index contributed by atoms with van der Waals surface area (Å²) in [5, 5.41) is 4.39. The van der Waals surface area contributed by atoms with E-state index in [0.717, 1.165) is 0 Å². The molecule has 0 saturated heterocycles. The van der Waals surface area contributed by atoms with E-state index in [1.807, 2.05) is 0 Å². The number of furan rings is 1.